The quantitative estimate of drug-likeness (QED) is 0.869. The maximum Gasteiger partial charge on any atom is 0.119 e. The Kier molecular flexibility index (Phi) is 3.24. The summed E-state index contributed by atoms with van der Waals surface area (Å²) in [6.45, 7) is 3.27. The van der Waals surface area contributed by atoms with Crippen LogP contribution in [-0.2, 0) is 11.2 Å². The summed E-state index contributed by atoms with van der Waals surface area (Å²) in [4.78, 5) is 0. The van der Waals surface area contributed by atoms with Crippen LogP contribution in [0.15, 0.2) is 60.7 Å². The molecule has 2 aromatic rings. The van der Waals surface area contributed by atoms with Crippen molar-refractivity contribution >= 4 is 0 Å². The van der Waals surface area contributed by atoms with Gasteiger partial charge in [0.1, 0.15) is 11.2 Å². The standard InChI is InChI=1S/C16H18O2/c1-15(17,13-9-5-3-6-10-13)16(2,18)14-11-7-4-8-12-14/h3-12,17-18H,1-2H3/t15-,16?/m1/s1. The molecule has 0 amide bonds. The summed E-state index contributed by atoms with van der Waals surface area (Å²) in [5.74, 6) is 0. The van der Waals surface area contributed by atoms with Crippen LogP contribution in [0.4, 0.5) is 0 Å². The first-order chi connectivity index (χ1) is 8.46. The fraction of sp³-hybridized carbons (Fsp3) is 0.250. The Morgan fingerprint density at radius 2 is 0.889 bits per heavy atom. The average molecular weight is 242 g/mol. The van der Waals surface area contributed by atoms with E-state index in [0.717, 1.165) is 0 Å². The van der Waals surface area contributed by atoms with Crippen molar-refractivity contribution in [1.82, 2.24) is 0 Å². The predicted molar refractivity (Wildman–Crippen MR) is 72.0 cm³/mol. The van der Waals surface area contributed by atoms with E-state index in [-0.39, 0.29) is 0 Å². The minimum Gasteiger partial charge on any atom is -0.382 e. The van der Waals surface area contributed by atoms with Crippen LogP contribution in [0.1, 0.15) is 25.0 Å². The molecule has 2 atom stereocenters. The van der Waals surface area contributed by atoms with Crippen molar-refractivity contribution in [2.45, 2.75) is 25.0 Å². The monoisotopic (exact) mass is 242 g/mol. The van der Waals surface area contributed by atoms with E-state index in [2.05, 4.69) is 0 Å². The van der Waals surface area contributed by atoms with Gasteiger partial charge in [-0.15, -0.1) is 0 Å². The van der Waals surface area contributed by atoms with Crippen LogP contribution < -0.4 is 0 Å². The Morgan fingerprint density at radius 1 is 0.611 bits per heavy atom. The summed E-state index contributed by atoms with van der Waals surface area (Å²) < 4.78 is 0. The molecule has 0 aliphatic heterocycles. The van der Waals surface area contributed by atoms with Crippen LogP contribution in [-0.4, -0.2) is 10.2 Å². The van der Waals surface area contributed by atoms with Gasteiger partial charge in [-0.05, 0) is 25.0 Å². The zero-order valence-corrected chi connectivity index (χ0v) is 10.7. The van der Waals surface area contributed by atoms with Gasteiger partial charge in [0, 0.05) is 0 Å². The minimum absolute atomic E-state index is 0.693. The topological polar surface area (TPSA) is 40.5 Å². The lowest BCUT2D eigenvalue weighted by Crippen LogP contribution is -2.45. The molecule has 0 heterocycles. The molecule has 0 spiro atoms. The van der Waals surface area contributed by atoms with Crippen molar-refractivity contribution in [3.63, 3.8) is 0 Å². The molecular formula is C16H18O2. The lowest BCUT2D eigenvalue weighted by molar-refractivity contribution is -0.143. The van der Waals surface area contributed by atoms with Crippen molar-refractivity contribution in [2.75, 3.05) is 0 Å². The Morgan fingerprint density at radius 3 is 1.17 bits per heavy atom. The molecule has 18 heavy (non-hydrogen) atoms. The van der Waals surface area contributed by atoms with Crippen LogP contribution in [0.5, 0.6) is 0 Å². The molecule has 0 aromatic heterocycles. The molecule has 0 saturated carbocycles. The van der Waals surface area contributed by atoms with Gasteiger partial charge in [-0.1, -0.05) is 60.7 Å². The highest BCUT2D eigenvalue weighted by Gasteiger charge is 2.44. The lowest BCUT2D eigenvalue weighted by atomic mass is 9.76. The first-order valence-corrected chi connectivity index (χ1v) is 6.02. The molecule has 0 fully saturated rings. The molecular weight excluding hydrogens is 224 g/mol. The van der Waals surface area contributed by atoms with E-state index in [9.17, 15) is 10.2 Å². The van der Waals surface area contributed by atoms with Gasteiger partial charge in [0.05, 0.1) is 0 Å². The first kappa shape index (κ1) is 12.8. The van der Waals surface area contributed by atoms with Crippen molar-refractivity contribution in [1.29, 1.82) is 0 Å². The van der Waals surface area contributed by atoms with Crippen molar-refractivity contribution in [2.24, 2.45) is 0 Å². The van der Waals surface area contributed by atoms with Crippen molar-refractivity contribution in [3.8, 4) is 0 Å². The van der Waals surface area contributed by atoms with Crippen LogP contribution >= 0.6 is 0 Å². The van der Waals surface area contributed by atoms with Gasteiger partial charge in [0.25, 0.3) is 0 Å². The molecule has 0 aliphatic rings. The summed E-state index contributed by atoms with van der Waals surface area (Å²) in [5, 5.41) is 21.4. The van der Waals surface area contributed by atoms with Crippen LogP contribution in [0, 0.1) is 0 Å². The zero-order chi connectivity index (χ0) is 13.2. The first-order valence-electron chi connectivity index (χ1n) is 6.02. The second-order valence-corrected chi connectivity index (χ2v) is 4.88. The van der Waals surface area contributed by atoms with Gasteiger partial charge in [-0.2, -0.15) is 0 Å². The Labute approximate surface area is 108 Å². The Bertz CT molecular complexity index is 452. The molecule has 2 aromatic carbocycles. The third-order valence-corrected chi connectivity index (χ3v) is 3.62. The smallest absolute Gasteiger partial charge is 0.119 e. The number of rotatable bonds is 3. The largest absolute Gasteiger partial charge is 0.382 e. The van der Waals surface area contributed by atoms with Crippen LogP contribution in [0.25, 0.3) is 0 Å². The number of hydrogen-bond donors (Lipinski definition) is 2. The highest BCUT2D eigenvalue weighted by Crippen LogP contribution is 2.39. The number of aliphatic hydroxyl groups is 2. The molecule has 2 rings (SSSR count). The third kappa shape index (κ3) is 2.05. The molecule has 1 unspecified atom stereocenters. The second kappa shape index (κ2) is 4.56. The van der Waals surface area contributed by atoms with Crippen molar-refractivity contribution < 1.29 is 10.2 Å². The van der Waals surface area contributed by atoms with E-state index >= 15 is 0 Å². The van der Waals surface area contributed by atoms with Gasteiger partial charge in [0.15, 0.2) is 0 Å². The molecule has 2 heteroatoms. The predicted octanol–water partition coefficient (Wildman–Crippen LogP) is 2.80. The van der Waals surface area contributed by atoms with Crippen molar-refractivity contribution in [3.05, 3.63) is 71.8 Å². The molecule has 2 N–H and O–H groups in total. The van der Waals surface area contributed by atoms with E-state index in [0.29, 0.717) is 11.1 Å². The fourth-order valence-corrected chi connectivity index (χ4v) is 2.09. The Balaban J connectivity index is 2.47. The zero-order valence-electron chi connectivity index (χ0n) is 10.7. The molecule has 0 aliphatic carbocycles. The normalized spacial score (nSPS) is 17.8. The van der Waals surface area contributed by atoms with E-state index in [1.54, 1.807) is 13.8 Å². The van der Waals surface area contributed by atoms with E-state index < -0.39 is 11.2 Å². The van der Waals surface area contributed by atoms with Crippen LogP contribution in [0.3, 0.4) is 0 Å². The maximum atomic E-state index is 10.7. The summed E-state index contributed by atoms with van der Waals surface area (Å²) in [6.07, 6.45) is 0. The summed E-state index contributed by atoms with van der Waals surface area (Å²) in [7, 11) is 0. The second-order valence-electron chi connectivity index (χ2n) is 4.88. The highest BCUT2D eigenvalue weighted by molar-refractivity contribution is 5.32. The lowest BCUT2D eigenvalue weighted by Gasteiger charge is -2.39. The van der Waals surface area contributed by atoms with Gasteiger partial charge < -0.3 is 10.2 Å². The van der Waals surface area contributed by atoms with Gasteiger partial charge in [-0.3, -0.25) is 0 Å². The molecule has 0 radical (unpaired) electrons. The number of hydrogen-bond acceptors (Lipinski definition) is 2. The summed E-state index contributed by atoms with van der Waals surface area (Å²) >= 11 is 0. The minimum atomic E-state index is -1.35. The Hall–Kier alpha value is -1.64. The fourth-order valence-electron chi connectivity index (χ4n) is 2.09. The molecule has 94 valence electrons. The van der Waals surface area contributed by atoms with E-state index in [1.165, 1.54) is 0 Å². The van der Waals surface area contributed by atoms with Gasteiger partial charge >= 0.3 is 0 Å². The third-order valence-electron chi connectivity index (χ3n) is 3.62. The molecule has 2 nitrogen and oxygen atoms in total. The van der Waals surface area contributed by atoms with Crippen LogP contribution in [0.2, 0.25) is 0 Å². The highest BCUT2D eigenvalue weighted by atomic mass is 16.4. The average Bonchev–Trinajstić information content (AvgIpc) is 2.40. The SMILES string of the molecule is CC(O)(c1ccccc1)[C@](C)(O)c1ccccc1. The summed E-state index contributed by atoms with van der Waals surface area (Å²) in [6, 6.07) is 18.4. The van der Waals surface area contributed by atoms with Gasteiger partial charge in [0.2, 0.25) is 0 Å². The van der Waals surface area contributed by atoms with E-state index in [1.807, 2.05) is 60.7 Å². The maximum absolute atomic E-state index is 10.7. The summed E-state index contributed by atoms with van der Waals surface area (Å²) in [5.41, 5.74) is -1.32. The molecule has 0 saturated heterocycles. The molecule has 0 bridgehead atoms. The number of benzene rings is 2. The van der Waals surface area contributed by atoms with E-state index in [4.69, 9.17) is 0 Å². The van der Waals surface area contributed by atoms with Gasteiger partial charge in [-0.25, -0.2) is 0 Å².